The lowest BCUT2D eigenvalue weighted by Gasteiger charge is -2.15. The number of halogens is 2. The summed E-state index contributed by atoms with van der Waals surface area (Å²) in [6.45, 7) is 2.53. The molecule has 0 saturated carbocycles. The molecule has 0 fully saturated rings. The van der Waals surface area contributed by atoms with E-state index in [9.17, 15) is 22.0 Å². The maximum atomic E-state index is 12.3. The van der Waals surface area contributed by atoms with Gasteiger partial charge >= 0.3 is 0 Å². The van der Waals surface area contributed by atoms with Crippen molar-refractivity contribution >= 4 is 15.9 Å². The van der Waals surface area contributed by atoms with Gasteiger partial charge in [-0.3, -0.25) is 9.89 Å². The summed E-state index contributed by atoms with van der Waals surface area (Å²) >= 11 is 0. The summed E-state index contributed by atoms with van der Waals surface area (Å²) in [5.41, 5.74) is -0.305. The van der Waals surface area contributed by atoms with Crippen molar-refractivity contribution < 1.29 is 22.0 Å². The number of aromatic amines is 1. The molecule has 0 saturated heterocycles. The largest absolute Gasteiger partial charge is 0.335 e. The van der Waals surface area contributed by atoms with Gasteiger partial charge in [-0.25, -0.2) is 22.3 Å². The average molecular weight is 310 g/mol. The molecule has 1 aromatic rings. The van der Waals surface area contributed by atoms with Crippen LogP contribution in [0.15, 0.2) is 4.90 Å². The second-order valence-corrected chi connectivity index (χ2v) is 6.09. The highest BCUT2D eigenvalue weighted by atomic mass is 32.2. The molecule has 20 heavy (non-hydrogen) atoms. The molecule has 10 heteroatoms. The zero-order valence-corrected chi connectivity index (χ0v) is 12.0. The molecule has 7 nitrogen and oxygen atoms in total. The van der Waals surface area contributed by atoms with Crippen LogP contribution < -0.4 is 5.14 Å². The summed E-state index contributed by atoms with van der Waals surface area (Å²) in [4.78, 5) is 12.2. The van der Waals surface area contributed by atoms with Gasteiger partial charge in [0.1, 0.15) is 4.90 Å². The predicted molar refractivity (Wildman–Crippen MR) is 67.0 cm³/mol. The number of nitrogens with two attached hydrogens (primary N) is 1. The maximum Gasteiger partial charge on any atom is 0.275 e. The Balaban J connectivity index is 3.30. The first-order valence-corrected chi connectivity index (χ1v) is 7.25. The SMILES string of the molecule is CC(C)c1[nH]nc(C(=O)N(C)CC(F)F)c1S(N)(=O)=O. The molecule has 114 valence electrons. The fourth-order valence-electron chi connectivity index (χ4n) is 1.64. The number of rotatable bonds is 5. The van der Waals surface area contributed by atoms with Gasteiger partial charge in [-0.2, -0.15) is 5.10 Å². The first-order chi connectivity index (χ1) is 9.05. The van der Waals surface area contributed by atoms with Gasteiger partial charge in [0.25, 0.3) is 12.3 Å². The van der Waals surface area contributed by atoms with E-state index in [1.54, 1.807) is 13.8 Å². The van der Waals surface area contributed by atoms with E-state index in [0.29, 0.717) is 4.90 Å². The lowest BCUT2D eigenvalue weighted by molar-refractivity contribution is 0.0612. The molecule has 1 aromatic heterocycles. The van der Waals surface area contributed by atoms with Crippen LogP contribution in [0.25, 0.3) is 0 Å². The first kappa shape index (κ1) is 16.5. The van der Waals surface area contributed by atoms with Crippen LogP contribution in [0.4, 0.5) is 8.78 Å². The number of sulfonamides is 1. The number of primary sulfonamides is 1. The van der Waals surface area contributed by atoms with Gasteiger partial charge in [-0.15, -0.1) is 0 Å². The molecule has 0 aromatic carbocycles. The molecule has 0 bridgehead atoms. The summed E-state index contributed by atoms with van der Waals surface area (Å²) in [6, 6.07) is 0. The van der Waals surface area contributed by atoms with Crippen molar-refractivity contribution in [3.63, 3.8) is 0 Å². The minimum atomic E-state index is -4.20. The van der Waals surface area contributed by atoms with Crippen molar-refractivity contribution in [1.82, 2.24) is 15.1 Å². The summed E-state index contributed by atoms with van der Waals surface area (Å²) in [5.74, 6) is -1.21. The Labute approximate surface area is 115 Å². The molecule has 0 aliphatic heterocycles. The molecule has 0 unspecified atom stereocenters. The van der Waals surface area contributed by atoms with Gasteiger partial charge in [0.2, 0.25) is 10.0 Å². The van der Waals surface area contributed by atoms with Crippen LogP contribution in [0.1, 0.15) is 35.9 Å². The number of H-pyrrole nitrogens is 1. The predicted octanol–water partition coefficient (Wildman–Crippen LogP) is 0.518. The van der Waals surface area contributed by atoms with Crippen molar-refractivity contribution in [2.75, 3.05) is 13.6 Å². The smallest absolute Gasteiger partial charge is 0.275 e. The van der Waals surface area contributed by atoms with E-state index < -0.39 is 39.5 Å². The highest BCUT2D eigenvalue weighted by Gasteiger charge is 2.30. The molecule has 0 aliphatic rings. The van der Waals surface area contributed by atoms with Crippen molar-refractivity contribution in [2.45, 2.75) is 31.1 Å². The lowest BCUT2D eigenvalue weighted by atomic mass is 10.1. The van der Waals surface area contributed by atoms with Crippen molar-refractivity contribution in [3.8, 4) is 0 Å². The number of amides is 1. The Morgan fingerprint density at radius 3 is 2.40 bits per heavy atom. The summed E-state index contributed by atoms with van der Waals surface area (Å²) in [6.07, 6.45) is -2.73. The number of carbonyl (C=O) groups is 1. The Morgan fingerprint density at radius 2 is 2.00 bits per heavy atom. The van der Waals surface area contributed by atoms with Crippen LogP contribution >= 0.6 is 0 Å². The lowest BCUT2D eigenvalue weighted by Crippen LogP contribution is -2.33. The molecule has 0 aliphatic carbocycles. The van der Waals surface area contributed by atoms with Crippen molar-refractivity contribution in [2.24, 2.45) is 5.14 Å². The third-order valence-electron chi connectivity index (χ3n) is 2.57. The molecule has 0 radical (unpaired) electrons. The minimum Gasteiger partial charge on any atom is -0.335 e. The molecule has 3 N–H and O–H groups in total. The normalized spacial score (nSPS) is 12.2. The van der Waals surface area contributed by atoms with E-state index >= 15 is 0 Å². The molecular weight excluding hydrogens is 294 g/mol. The van der Waals surface area contributed by atoms with Crippen LogP contribution in [0.5, 0.6) is 0 Å². The van der Waals surface area contributed by atoms with Crippen LogP contribution in [0, 0.1) is 0 Å². The van der Waals surface area contributed by atoms with Gasteiger partial charge in [-0.05, 0) is 5.92 Å². The van der Waals surface area contributed by atoms with Crippen LogP contribution in [0.3, 0.4) is 0 Å². The van der Waals surface area contributed by atoms with Gasteiger partial charge in [0, 0.05) is 7.05 Å². The second kappa shape index (κ2) is 5.83. The van der Waals surface area contributed by atoms with E-state index in [2.05, 4.69) is 10.2 Å². The molecule has 1 amide bonds. The van der Waals surface area contributed by atoms with E-state index in [4.69, 9.17) is 5.14 Å². The summed E-state index contributed by atoms with van der Waals surface area (Å²) < 4.78 is 47.7. The zero-order valence-electron chi connectivity index (χ0n) is 11.2. The Bertz CT molecular complexity index is 598. The molecule has 1 rings (SSSR count). The first-order valence-electron chi connectivity index (χ1n) is 5.70. The maximum absolute atomic E-state index is 12.3. The van der Waals surface area contributed by atoms with Crippen LogP contribution in [-0.4, -0.2) is 49.4 Å². The van der Waals surface area contributed by atoms with Gasteiger partial charge in [0.15, 0.2) is 5.69 Å². The topological polar surface area (TPSA) is 109 Å². The molecule has 0 spiro atoms. The minimum absolute atomic E-state index is 0.168. The van der Waals surface area contributed by atoms with E-state index in [1.807, 2.05) is 0 Å². The van der Waals surface area contributed by atoms with Crippen molar-refractivity contribution in [3.05, 3.63) is 11.4 Å². The van der Waals surface area contributed by atoms with E-state index in [-0.39, 0.29) is 11.6 Å². The fraction of sp³-hybridized carbons (Fsp3) is 0.600. The molecule has 1 heterocycles. The third kappa shape index (κ3) is 3.51. The van der Waals surface area contributed by atoms with Crippen LogP contribution in [-0.2, 0) is 10.0 Å². The van der Waals surface area contributed by atoms with Gasteiger partial charge in [-0.1, -0.05) is 13.8 Å². The number of aromatic nitrogens is 2. The zero-order chi connectivity index (χ0) is 15.7. The standard InChI is InChI=1S/C10H16F2N4O3S/c1-5(2)7-9(20(13,18)19)8(15-14-7)10(17)16(3)4-6(11)12/h5-6H,4H2,1-3H3,(H,14,15)(H2,13,18,19). The van der Waals surface area contributed by atoms with E-state index in [0.717, 1.165) is 7.05 Å². The highest BCUT2D eigenvalue weighted by Crippen LogP contribution is 2.24. The number of nitrogens with one attached hydrogen (secondary N) is 1. The summed E-state index contributed by atoms with van der Waals surface area (Å²) in [7, 11) is -3.07. The highest BCUT2D eigenvalue weighted by molar-refractivity contribution is 7.89. The molecule has 0 atom stereocenters. The van der Waals surface area contributed by atoms with Gasteiger partial charge < -0.3 is 4.90 Å². The Kier molecular flexibility index (Phi) is 4.81. The third-order valence-corrected chi connectivity index (χ3v) is 3.55. The van der Waals surface area contributed by atoms with Gasteiger partial charge in [0.05, 0.1) is 12.2 Å². The summed E-state index contributed by atoms with van der Waals surface area (Å²) in [5, 5.41) is 11.1. The Hall–Kier alpha value is -1.55. The quantitative estimate of drug-likeness (QED) is 0.826. The molecular formula is C10H16F2N4O3S. The average Bonchev–Trinajstić information content (AvgIpc) is 2.70. The number of alkyl halides is 2. The number of hydrogen-bond acceptors (Lipinski definition) is 4. The number of hydrogen-bond donors (Lipinski definition) is 2. The van der Waals surface area contributed by atoms with E-state index in [1.165, 1.54) is 0 Å². The van der Waals surface area contributed by atoms with Crippen LogP contribution in [0.2, 0.25) is 0 Å². The second-order valence-electron chi connectivity index (χ2n) is 4.59. The van der Waals surface area contributed by atoms with Crippen molar-refractivity contribution in [1.29, 1.82) is 0 Å². The Morgan fingerprint density at radius 1 is 1.45 bits per heavy atom. The number of carbonyl (C=O) groups excluding carboxylic acids is 1. The number of nitrogens with zero attached hydrogens (tertiary/aromatic N) is 2. The fourth-order valence-corrected chi connectivity index (χ4v) is 2.63. The monoisotopic (exact) mass is 310 g/mol.